The fourth-order valence-electron chi connectivity index (χ4n) is 4.01. The zero-order valence-corrected chi connectivity index (χ0v) is 21.8. The molecule has 0 saturated carbocycles. The van der Waals surface area contributed by atoms with Crippen LogP contribution in [0.3, 0.4) is 0 Å². The van der Waals surface area contributed by atoms with Gasteiger partial charge in [-0.25, -0.2) is 9.48 Å². The number of anilines is 2. The van der Waals surface area contributed by atoms with Crippen molar-refractivity contribution in [2.45, 2.75) is 6.18 Å². The molecule has 3 aromatic carbocycles. The monoisotopic (exact) mass is 583 g/mol. The molecular formula is C28H18Cl2F3N5O2. The molecule has 202 valence electrons. The van der Waals surface area contributed by atoms with Crippen LogP contribution in [0.15, 0.2) is 91.4 Å². The summed E-state index contributed by atoms with van der Waals surface area (Å²) in [4.78, 5) is 16.6. The maximum atomic E-state index is 13.2. The Bertz CT molecular complexity index is 1690. The molecule has 0 aliphatic heterocycles. The van der Waals surface area contributed by atoms with Crippen molar-refractivity contribution in [3.8, 4) is 33.8 Å². The number of aromatic hydroxyl groups is 1. The van der Waals surface area contributed by atoms with E-state index in [0.29, 0.717) is 27.7 Å². The summed E-state index contributed by atoms with van der Waals surface area (Å²) in [5.74, 6) is -0.0158. The van der Waals surface area contributed by atoms with Crippen molar-refractivity contribution >= 4 is 40.6 Å². The minimum Gasteiger partial charge on any atom is -0.508 e. The third kappa shape index (κ3) is 6.03. The Kier molecular flexibility index (Phi) is 7.38. The number of benzene rings is 3. The third-order valence-electron chi connectivity index (χ3n) is 5.76. The van der Waals surface area contributed by atoms with Gasteiger partial charge in [0, 0.05) is 46.1 Å². The van der Waals surface area contributed by atoms with E-state index in [1.54, 1.807) is 59.7 Å². The summed E-state index contributed by atoms with van der Waals surface area (Å²) in [5, 5.41) is 19.7. The van der Waals surface area contributed by atoms with E-state index in [-0.39, 0.29) is 11.4 Å². The van der Waals surface area contributed by atoms with Crippen LogP contribution in [0.2, 0.25) is 10.0 Å². The highest BCUT2D eigenvalue weighted by Crippen LogP contribution is 2.37. The Labute approximate surface area is 235 Å². The average Bonchev–Trinajstić information content (AvgIpc) is 3.35. The molecule has 3 N–H and O–H groups in total. The molecule has 2 aromatic heterocycles. The van der Waals surface area contributed by atoms with E-state index >= 15 is 0 Å². The number of alkyl halides is 3. The first-order valence-electron chi connectivity index (χ1n) is 11.6. The summed E-state index contributed by atoms with van der Waals surface area (Å²) in [5.41, 5.74) is 2.51. The van der Waals surface area contributed by atoms with Crippen LogP contribution in [-0.4, -0.2) is 25.9 Å². The molecule has 7 nitrogen and oxygen atoms in total. The quantitative estimate of drug-likeness (QED) is 0.194. The number of carbonyl (C=O) groups is 1. The van der Waals surface area contributed by atoms with Crippen LogP contribution in [0.5, 0.6) is 5.75 Å². The molecule has 0 radical (unpaired) electrons. The summed E-state index contributed by atoms with van der Waals surface area (Å²) in [6, 6.07) is 17.4. The lowest BCUT2D eigenvalue weighted by Gasteiger charge is -2.12. The molecule has 0 saturated heterocycles. The van der Waals surface area contributed by atoms with Crippen LogP contribution >= 0.6 is 23.2 Å². The Morgan fingerprint density at radius 2 is 1.60 bits per heavy atom. The fourth-order valence-corrected chi connectivity index (χ4v) is 4.47. The number of hydrogen-bond acceptors (Lipinski definition) is 4. The zero-order chi connectivity index (χ0) is 28.4. The van der Waals surface area contributed by atoms with Crippen molar-refractivity contribution in [1.82, 2.24) is 14.8 Å². The van der Waals surface area contributed by atoms with E-state index in [1.165, 1.54) is 12.1 Å². The van der Waals surface area contributed by atoms with Gasteiger partial charge in [0.05, 0.1) is 16.3 Å². The summed E-state index contributed by atoms with van der Waals surface area (Å²) >= 11 is 11.8. The van der Waals surface area contributed by atoms with Crippen LogP contribution in [0.1, 0.15) is 5.56 Å². The van der Waals surface area contributed by atoms with Gasteiger partial charge in [0.25, 0.3) is 0 Å². The van der Waals surface area contributed by atoms with Crippen LogP contribution in [0.25, 0.3) is 28.1 Å². The average molecular weight is 584 g/mol. The lowest BCUT2D eigenvalue weighted by atomic mass is 10.0. The molecular weight excluding hydrogens is 566 g/mol. The highest BCUT2D eigenvalue weighted by atomic mass is 35.5. The first kappa shape index (κ1) is 27.0. The number of nitrogens with zero attached hydrogens (tertiary/aromatic N) is 3. The summed E-state index contributed by atoms with van der Waals surface area (Å²) < 4.78 is 41.1. The number of phenolic OH excluding ortho intramolecular Hbond substituents is 1. The number of phenols is 1. The largest absolute Gasteiger partial charge is 0.508 e. The van der Waals surface area contributed by atoms with Crippen molar-refractivity contribution in [3.05, 3.63) is 107 Å². The van der Waals surface area contributed by atoms with Gasteiger partial charge < -0.3 is 15.7 Å². The van der Waals surface area contributed by atoms with Gasteiger partial charge in [-0.15, -0.1) is 0 Å². The number of nitrogens with one attached hydrogen (secondary N) is 2. The lowest BCUT2D eigenvalue weighted by molar-refractivity contribution is -0.137. The second kappa shape index (κ2) is 10.9. The van der Waals surface area contributed by atoms with Gasteiger partial charge in [0.15, 0.2) is 0 Å². The van der Waals surface area contributed by atoms with Crippen molar-refractivity contribution < 1.29 is 23.1 Å². The molecule has 0 bridgehead atoms. The molecule has 0 aliphatic carbocycles. The standard InChI is InChI=1S/C28H18Cl2F3N5O2/c29-18-10-17(11-22(39)12-18)26-23(16-6-8-34-9-7-16)15-38(37-26)21-3-1-2-19(13-21)35-27(40)36-20-4-5-25(30)24(14-20)28(31,32)33/h1-15,39H,(H2,35,36,40). The molecule has 5 rings (SSSR count). The molecule has 0 atom stereocenters. The summed E-state index contributed by atoms with van der Waals surface area (Å²) in [7, 11) is 0. The topological polar surface area (TPSA) is 92.1 Å². The van der Waals surface area contributed by atoms with E-state index in [2.05, 4.69) is 15.6 Å². The van der Waals surface area contributed by atoms with Gasteiger partial charge in [-0.05, 0) is 72.3 Å². The first-order valence-corrected chi connectivity index (χ1v) is 12.4. The Balaban J connectivity index is 1.44. The number of aromatic nitrogens is 3. The molecule has 2 heterocycles. The molecule has 5 aromatic rings. The van der Waals surface area contributed by atoms with Crippen LogP contribution in [-0.2, 0) is 6.18 Å². The van der Waals surface area contributed by atoms with Crippen molar-refractivity contribution in [1.29, 1.82) is 0 Å². The van der Waals surface area contributed by atoms with Gasteiger partial charge >= 0.3 is 12.2 Å². The minimum atomic E-state index is -4.67. The minimum absolute atomic E-state index is 0.0158. The van der Waals surface area contributed by atoms with Gasteiger partial charge in [-0.2, -0.15) is 18.3 Å². The fraction of sp³-hybridized carbons (Fsp3) is 0.0357. The molecule has 12 heteroatoms. The number of halogens is 5. The molecule has 0 aliphatic rings. The molecule has 0 fully saturated rings. The number of amides is 2. The van der Waals surface area contributed by atoms with Crippen molar-refractivity contribution in [2.24, 2.45) is 0 Å². The maximum Gasteiger partial charge on any atom is 0.417 e. The lowest BCUT2D eigenvalue weighted by Crippen LogP contribution is -2.20. The van der Waals surface area contributed by atoms with Crippen molar-refractivity contribution in [3.63, 3.8) is 0 Å². The smallest absolute Gasteiger partial charge is 0.417 e. The highest BCUT2D eigenvalue weighted by Gasteiger charge is 2.33. The Hall–Kier alpha value is -4.54. The van der Waals surface area contributed by atoms with E-state index < -0.39 is 22.8 Å². The van der Waals surface area contributed by atoms with Crippen LogP contribution in [0.4, 0.5) is 29.3 Å². The number of pyridine rings is 1. The predicted molar refractivity (Wildman–Crippen MR) is 148 cm³/mol. The second-order valence-corrected chi connectivity index (χ2v) is 9.44. The van der Waals surface area contributed by atoms with E-state index in [1.807, 2.05) is 12.1 Å². The van der Waals surface area contributed by atoms with Crippen molar-refractivity contribution in [2.75, 3.05) is 10.6 Å². The molecule has 2 amide bonds. The number of carbonyl (C=O) groups excluding carboxylic acids is 1. The zero-order valence-electron chi connectivity index (χ0n) is 20.2. The molecule has 0 spiro atoms. The van der Waals surface area contributed by atoms with E-state index in [0.717, 1.165) is 23.3 Å². The maximum absolute atomic E-state index is 13.2. The third-order valence-corrected chi connectivity index (χ3v) is 6.31. The SMILES string of the molecule is O=C(Nc1cccc(-n2cc(-c3ccncc3)c(-c3cc(O)cc(Cl)c3)n2)c1)Nc1ccc(Cl)c(C(F)(F)F)c1. The molecule has 40 heavy (non-hydrogen) atoms. The Morgan fingerprint density at radius 1 is 0.875 bits per heavy atom. The van der Waals surface area contributed by atoms with E-state index in [9.17, 15) is 23.1 Å². The van der Waals surface area contributed by atoms with Gasteiger partial charge in [0.1, 0.15) is 11.4 Å². The van der Waals surface area contributed by atoms with Gasteiger partial charge in [-0.1, -0.05) is 29.3 Å². The van der Waals surface area contributed by atoms with Gasteiger partial charge in [-0.3, -0.25) is 4.98 Å². The normalized spacial score (nSPS) is 11.3. The number of hydrogen-bond donors (Lipinski definition) is 3. The summed E-state index contributed by atoms with van der Waals surface area (Å²) in [6.07, 6.45) is 0.413. The van der Waals surface area contributed by atoms with E-state index in [4.69, 9.17) is 28.3 Å². The second-order valence-electron chi connectivity index (χ2n) is 8.59. The number of rotatable bonds is 5. The Morgan fingerprint density at radius 3 is 2.30 bits per heavy atom. The molecule has 0 unspecified atom stereocenters. The summed E-state index contributed by atoms with van der Waals surface area (Å²) in [6.45, 7) is 0. The van der Waals surface area contributed by atoms with Gasteiger partial charge in [0.2, 0.25) is 0 Å². The van der Waals surface area contributed by atoms with Crippen LogP contribution in [0, 0.1) is 0 Å². The predicted octanol–water partition coefficient (Wildman–Crippen LogP) is 8.28. The first-order chi connectivity index (χ1) is 19.1. The van der Waals surface area contributed by atoms with Crippen LogP contribution < -0.4 is 10.6 Å². The highest BCUT2D eigenvalue weighted by molar-refractivity contribution is 6.31. The number of urea groups is 1.